The zero-order valence-electron chi connectivity index (χ0n) is 8.85. The summed E-state index contributed by atoms with van der Waals surface area (Å²) < 4.78 is 19.8. The van der Waals surface area contributed by atoms with Gasteiger partial charge in [-0.25, -0.2) is 9.07 Å². The van der Waals surface area contributed by atoms with Crippen LogP contribution in [0.4, 0.5) is 4.39 Å². The van der Waals surface area contributed by atoms with Gasteiger partial charge in [0.25, 0.3) is 0 Å². The Kier molecular flexibility index (Phi) is 2.87. The summed E-state index contributed by atoms with van der Waals surface area (Å²) >= 11 is 0. The van der Waals surface area contributed by atoms with Gasteiger partial charge in [-0.3, -0.25) is 0 Å². The first kappa shape index (κ1) is 10.6. The molecular weight excluding hydrogens is 209 g/mol. The van der Waals surface area contributed by atoms with Gasteiger partial charge in [0.05, 0.1) is 18.5 Å². The standard InChI is InChI=1S/C11H12FN3O/c1-16-11-3-2-9(6-10(11)12)15-5-4-8(7-13)14-15/h2-6H,7,13H2,1H3. The smallest absolute Gasteiger partial charge is 0.167 e. The van der Waals surface area contributed by atoms with E-state index in [1.54, 1.807) is 29.1 Å². The average molecular weight is 221 g/mol. The Bertz CT molecular complexity index is 496. The summed E-state index contributed by atoms with van der Waals surface area (Å²) in [5, 5.41) is 4.18. The van der Waals surface area contributed by atoms with Crippen molar-refractivity contribution in [1.82, 2.24) is 9.78 Å². The summed E-state index contributed by atoms with van der Waals surface area (Å²) in [5.74, 6) is -0.195. The van der Waals surface area contributed by atoms with E-state index in [0.29, 0.717) is 12.2 Å². The number of nitrogens with two attached hydrogens (primary N) is 1. The Morgan fingerprint density at radius 1 is 1.44 bits per heavy atom. The first-order valence-electron chi connectivity index (χ1n) is 4.83. The minimum absolute atomic E-state index is 0.218. The Hall–Kier alpha value is -1.88. The van der Waals surface area contributed by atoms with Crippen molar-refractivity contribution in [1.29, 1.82) is 0 Å². The van der Waals surface area contributed by atoms with E-state index in [9.17, 15) is 4.39 Å². The van der Waals surface area contributed by atoms with Crippen LogP contribution in [0.25, 0.3) is 5.69 Å². The predicted octanol–water partition coefficient (Wildman–Crippen LogP) is 1.48. The van der Waals surface area contributed by atoms with Crippen LogP contribution >= 0.6 is 0 Å². The van der Waals surface area contributed by atoms with Gasteiger partial charge in [-0.1, -0.05) is 0 Å². The Morgan fingerprint density at radius 2 is 2.25 bits per heavy atom. The fourth-order valence-electron chi connectivity index (χ4n) is 1.41. The minimum Gasteiger partial charge on any atom is -0.494 e. The van der Waals surface area contributed by atoms with E-state index in [0.717, 1.165) is 5.69 Å². The summed E-state index contributed by atoms with van der Waals surface area (Å²) in [7, 11) is 1.43. The van der Waals surface area contributed by atoms with Crippen LogP contribution in [-0.4, -0.2) is 16.9 Å². The molecule has 2 aromatic rings. The highest BCUT2D eigenvalue weighted by molar-refractivity contribution is 5.38. The first-order valence-corrected chi connectivity index (χ1v) is 4.83. The van der Waals surface area contributed by atoms with E-state index in [4.69, 9.17) is 10.5 Å². The van der Waals surface area contributed by atoms with Crippen molar-refractivity contribution in [3.63, 3.8) is 0 Å². The SMILES string of the molecule is COc1ccc(-n2ccc(CN)n2)cc1F. The molecular formula is C11H12FN3O. The third-order valence-corrected chi connectivity index (χ3v) is 2.25. The van der Waals surface area contributed by atoms with Crippen LogP contribution in [0.15, 0.2) is 30.5 Å². The Morgan fingerprint density at radius 3 is 2.81 bits per heavy atom. The molecule has 1 aromatic heterocycles. The molecule has 2 rings (SSSR count). The number of halogens is 1. The topological polar surface area (TPSA) is 53.1 Å². The molecule has 0 spiro atoms. The van der Waals surface area contributed by atoms with Gasteiger partial charge in [-0.05, 0) is 18.2 Å². The van der Waals surface area contributed by atoms with Crippen molar-refractivity contribution in [3.05, 3.63) is 42.0 Å². The summed E-state index contributed by atoms with van der Waals surface area (Å²) in [6.45, 7) is 0.367. The van der Waals surface area contributed by atoms with Crippen LogP contribution in [0.2, 0.25) is 0 Å². The van der Waals surface area contributed by atoms with Crippen LogP contribution in [0.1, 0.15) is 5.69 Å². The first-order chi connectivity index (χ1) is 7.74. The fourth-order valence-corrected chi connectivity index (χ4v) is 1.41. The minimum atomic E-state index is -0.412. The lowest BCUT2D eigenvalue weighted by Gasteiger charge is -2.05. The Labute approximate surface area is 92.4 Å². The number of ether oxygens (including phenoxy) is 1. The maximum atomic E-state index is 13.4. The zero-order valence-corrected chi connectivity index (χ0v) is 8.85. The van der Waals surface area contributed by atoms with Crippen LogP contribution in [0, 0.1) is 5.82 Å². The van der Waals surface area contributed by atoms with E-state index in [2.05, 4.69) is 5.10 Å². The molecule has 0 saturated heterocycles. The highest BCUT2D eigenvalue weighted by atomic mass is 19.1. The molecule has 0 fully saturated rings. The van der Waals surface area contributed by atoms with Crippen molar-refractivity contribution in [2.45, 2.75) is 6.54 Å². The molecule has 1 heterocycles. The van der Waals surface area contributed by atoms with Gasteiger partial charge in [0.2, 0.25) is 0 Å². The maximum absolute atomic E-state index is 13.4. The lowest BCUT2D eigenvalue weighted by atomic mass is 10.3. The van der Waals surface area contributed by atoms with Crippen molar-refractivity contribution in [3.8, 4) is 11.4 Å². The molecule has 0 unspecified atom stereocenters. The number of nitrogens with zero attached hydrogens (tertiary/aromatic N) is 2. The summed E-state index contributed by atoms with van der Waals surface area (Å²) in [5.41, 5.74) is 6.84. The van der Waals surface area contributed by atoms with Crippen LogP contribution in [0.5, 0.6) is 5.75 Å². The summed E-state index contributed by atoms with van der Waals surface area (Å²) in [6, 6.07) is 6.46. The second-order valence-electron chi connectivity index (χ2n) is 3.27. The van der Waals surface area contributed by atoms with E-state index >= 15 is 0 Å². The van der Waals surface area contributed by atoms with Gasteiger partial charge in [-0.15, -0.1) is 0 Å². The maximum Gasteiger partial charge on any atom is 0.167 e. The van der Waals surface area contributed by atoms with Gasteiger partial charge in [0, 0.05) is 18.8 Å². The molecule has 0 atom stereocenters. The predicted molar refractivity (Wildman–Crippen MR) is 58.0 cm³/mol. The highest BCUT2D eigenvalue weighted by Gasteiger charge is 2.05. The number of hydrogen-bond acceptors (Lipinski definition) is 3. The second-order valence-corrected chi connectivity index (χ2v) is 3.27. The quantitative estimate of drug-likeness (QED) is 0.854. The molecule has 2 N–H and O–H groups in total. The van der Waals surface area contributed by atoms with Gasteiger partial charge < -0.3 is 10.5 Å². The van der Waals surface area contributed by atoms with Gasteiger partial charge in [0.15, 0.2) is 11.6 Å². The van der Waals surface area contributed by atoms with Gasteiger partial charge >= 0.3 is 0 Å². The molecule has 4 nitrogen and oxygen atoms in total. The second kappa shape index (κ2) is 4.32. The summed E-state index contributed by atoms with van der Waals surface area (Å²) in [4.78, 5) is 0. The molecule has 16 heavy (non-hydrogen) atoms. The molecule has 0 aliphatic heterocycles. The molecule has 0 bridgehead atoms. The monoisotopic (exact) mass is 221 g/mol. The van der Waals surface area contributed by atoms with Gasteiger partial charge in [-0.2, -0.15) is 5.10 Å². The van der Waals surface area contributed by atoms with Crippen molar-refractivity contribution >= 4 is 0 Å². The normalized spacial score (nSPS) is 10.4. The average Bonchev–Trinajstić information content (AvgIpc) is 2.77. The number of aromatic nitrogens is 2. The number of benzene rings is 1. The lowest BCUT2D eigenvalue weighted by Crippen LogP contribution is -2.01. The van der Waals surface area contributed by atoms with E-state index in [-0.39, 0.29) is 5.75 Å². The molecule has 1 aromatic carbocycles. The van der Waals surface area contributed by atoms with E-state index < -0.39 is 5.82 Å². The van der Waals surface area contributed by atoms with Crippen molar-refractivity contribution in [2.24, 2.45) is 5.73 Å². The van der Waals surface area contributed by atoms with Crippen LogP contribution < -0.4 is 10.5 Å². The van der Waals surface area contributed by atoms with Crippen LogP contribution in [0.3, 0.4) is 0 Å². The molecule has 5 heteroatoms. The fraction of sp³-hybridized carbons (Fsp3) is 0.182. The van der Waals surface area contributed by atoms with Crippen LogP contribution in [-0.2, 0) is 6.54 Å². The largest absolute Gasteiger partial charge is 0.494 e. The highest BCUT2D eigenvalue weighted by Crippen LogP contribution is 2.19. The molecule has 0 amide bonds. The Balaban J connectivity index is 2.37. The van der Waals surface area contributed by atoms with E-state index in [1.807, 2.05) is 0 Å². The molecule has 0 saturated carbocycles. The van der Waals surface area contributed by atoms with Crippen molar-refractivity contribution < 1.29 is 9.13 Å². The molecule has 0 aliphatic rings. The third-order valence-electron chi connectivity index (χ3n) is 2.25. The molecule has 0 aliphatic carbocycles. The lowest BCUT2D eigenvalue weighted by molar-refractivity contribution is 0.386. The number of methoxy groups -OCH3 is 1. The number of hydrogen-bond donors (Lipinski definition) is 1. The van der Waals surface area contributed by atoms with Crippen molar-refractivity contribution in [2.75, 3.05) is 7.11 Å². The molecule has 84 valence electrons. The zero-order chi connectivity index (χ0) is 11.5. The van der Waals surface area contributed by atoms with Gasteiger partial charge in [0.1, 0.15) is 0 Å². The van der Waals surface area contributed by atoms with E-state index in [1.165, 1.54) is 13.2 Å². The third kappa shape index (κ3) is 1.90. The number of rotatable bonds is 3. The molecule has 0 radical (unpaired) electrons. The summed E-state index contributed by atoms with van der Waals surface area (Å²) in [6.07, 6.45) is 1.74.